The molecule has 0 bridgehead atoms. The molecule has 2 amide bonds. The van der Waals surface area contributed by atoms with Crippen molar-refractivity contribution in [3.8, 4) is 0 Å². The lowest BCUT2D eigenvalue weighted by Gasteiger charge is -2.41. The average molecular weight is 717 g/mol. The van der Waals surface area contributed by atoms with E-state index in [1.165, 1.54) is 35.4 Å². The summed E-state index contributed by atoms with van der Waals surface area (Å²) in [5, 5.41) is 5.74. The molecule has 0 spiro atoms. The molecule has 10 heteroatoms. The lowest BCUT2D eigenvalue weighted by Crippen LogP contribution is -2.65. The first-order valence-electron chi connectivity index (χ1n) is 17.4. The van der Waals surface area contributed by atoms with Gasteiger partial charge in [0.15, 0.2) is 0 Å². The Morgan fingerprint density at radius 1 is 1.08 bits per heavy atom. The molecule has 1 aliphatic carbocycles. The fraction of sp³-hybridized carbons (Fsp3) is 0.385. The van der Waals surface area contributed by atoms with Gasteiger partial charge in [-0.15, -0.1) is 11.3 Å². The second-order valence-corrected chi connectivity index (χ2v) is 19.4. The molecule has 1 aromatic heterocycles. The lowest BCUT2D eigenvalue weighted by atomic mass is 9.93. The molecular weight excluding hydrogens is 671 g/mol. The van der Waals surface area contributed by atoms with Crippen LogP contribution >= 0.6 is 22.9 Å². The summed E-state index contributed by atoms with van der Waals surface area (Å²) in [7, 11) is -3.08. The number of hydrogen-bond acceptors (Lipinski definition) is 5. The van der Waals surface area contributed by atoms with Crippen LogP contribution < -0.4 is 15.7 Å². The van der Waals surface area contributed by atoms with Crippen molar-refractivity contribution in [2.45, 2.75) is 69.9 Å². The summed E-state index contributed by atoms with van der Waals surface area (Å²) >= 11 is 7.73. The number of amides is 2. The van der Waals surface area contributed by atoms with E-state index in [1.807, 2.05) is 47.5 Å². The molecule has 3 aromatic carbocycles. The van der Waals surface area contributed by atoms with E-state index in [-0.39, 0.29) is 22.1 Å². The monoisotopic (exact) mass is 716 g/mol. The van der Waals surface area contributed by atoms with Crippen LogP contribution in [-0.2, 0) is 6.42 Å². The van der Waals surface area contributed by atoms with E-state index in [4.69, 9.17) is 16.6 Å². The molecule has 1 aliphatic heterocycles. The van der Waals surface area contributed by atoms with Crippen LogP contribution in [0.15, 0.2) is 91.1 Å². The molecule has 258 valence electrons. The number of carbonyl (C=O) groups excluding carboxylic acids is 1. The molecule has 2 heterocycles. The number of hydrogen-bond donors (Lipinski definition) is 2. The Balaban J connectivity index is 1.12. The molecule has 0 radical (unpaired) electrons. The standard InChI is InChI=1S/C39H46ClFN4O2SSi/c1-39(2,49(47,32-11-5-3-6-12-32)33-13-7-4-8-14-33)22-21-37-42-28-36(48-37)29-15-18-31(19-16-29)45(26-25-44-23-9-10-24-44)38(46)43-30-17-20-35(41)34(40)27-30/h3-8,11-15,17,20,27-28,31,47H,9-10,16,18-19,21-26H2,1-2H3,(H,43,46). The zero-order valence-corrected chi connectivity index (χ0v) is 30.9. The molecule has 6 rings (SSSR count). The molecule has 1 fully saturated rings. The summed E-state index contributed by atoms with van der Waals surface area (Å²) in [4.78, 5) is 36.5. The van der Waals surface area contributed by atoms with Gasteiger partial charge in [0, 0.05) is 31.0 Å². The van der Waals surface area contributed by atoms with Gasteiger partial charge in [0.05, 0.1) is 14.9 Å². The van der Waals surface area contributed by atoms with Crippen LogP contribution in [0.3, 0.4) is 0 Å². The summed E-state index contributed by atoms with van der Waals surface area (Å²) in [6.07, 6.45) is 10.8. The number of thiazole rings is 1. The number of rotatable bonds is 12. The number of benzene rings is 3. The van der Waals surface area contributed by atoms with E-state index < -0.39 is 14.1 Å². The number of likely N-dealkylation sites (tertiary alicyclic amines) is 1. The van der Waals surface area contributed by atoms with E-state index in [0.29, 0.717) is 12.2 Å². The van der Waals surface area contributed by atoms with E-state index in [0.717, 1.165) is 67.1 Å². The van der Waals surface area contributed by atoms with Crippen molar-refractivity contribution >= 4 is 58.9 Å². The number of urea groups is 1. The number of nitrogens with zero attached hydrogens (tertiary/aromatic N) is 3. The first-order chi connectivity index (χ1) is 23.6. The quantitative estimate of drug-likeness (QED) is 0.146. The predicted molar refractivity (Wildman–Crippen MR) is 203 cm³/mol. The van der Waals surface area contributed by atoms with Gasteiger partial charge in [-0.25, -0.2) is 14.2 Å². The Kier molecular flexibility index (Phi) is 11.4. The maximum absolute atomic E-state index is 13.7. The minimum absolute atomic E-state index is 0.00991. The van der Waals surface area contributed by atoms with Crippen LogP contribution in [0.25, 0.3) is 5.57 Å². The third-order valence-corrected chi connectivity index (χ3v) is 16.3. The first kappa shape index (κ1) is 35.5. The van der Waals surface area contributed by atoms with Gasteiger partial charge in [-0.2, -0.15) is 0 Å². The van der Waals surface area contributed by atoms with Gasteiger partial charge in [-0.05, 0) is 97.2 Å². The molecule has 4 aromatic rings. The number of nitrogens with one attached hydrogen (secondary N) is 1. The van der Waals surface area contributed by atoms with Gasteiger partial charge in [-0.3, -0.25) is 0 Å². The molecule has 2 aliphatic rings. The smallest absolute Gasteiger partial charge is 0.322 e. The van der Waals surface area contributed by atoms with Crippen molar-refractivity contribution in [2.75, 3.05) is 31.5 Å². The van der Waals surface area contributed by atoms with Gasteiger partial charge in [0.2, 0.25) is 0 Å². The topological polar surface area (TPSA) is 68.7 Å². The average Bonchev–Trinajstić information content (AvgIpc) is 3.83. The molecule has 1 atom stereocenters. The van der Waals surface area contributed by atoms with Gasteiger partial charge in [-0.1, -0.05) is 92.2 Å². The number of allylic oxidation sites excluding steroid dienone is 1. The second-order valence-electron chi connectivity index (χ2n) is 13.9. The van der Waals surface area contributed by atoms with E-state index in [2.05, 4.69) is 54.4 Å². The Labute approximate surface area is 299 Å². The number of aryl methyl sites for hydroxylation is 1. The summed E-state index contributed by atoms with van der Waals surface area (Å²) in [6.45, 7) is 8.02. The van der Waals surface area contributed by atoms with Crippen LogP contribution in [0.5, 0.6) is 0 Å². The SMILES string of the molecule is CC(C)(CCc1ncc(C2=CCC(N(CCN3CCCC3)C(=O)Nc3ccc(F)c(Cl)c3)CC2)s1)[Si](O)(c1ccccc1)c1ccccc1. The molecule has 2 N–H and O–H groups in total. The minimum Gasteiger partial charge on any atom is -0.424 e. The maximum atomic E-state index is 13.7. The van der Waals surface area contributed by atoms with Gasteiger partial charge in [0.1, 0.15) is 5.82 Å². The molecule has 1 unspecified atom stereocenters. The zero-order valence-electron chi connectivity index (χ0n) is 28.4. The number of aromatic nitrogens is 1. The second kappa shape index (κ2) is 15.7. The Morgan fingerprint density at radius 2 is 1.76 bits per heavy atom. The zero-order chi connectivity index (χ0) is 34.4. The highest BCUT2D eigenvalue weighted by Crippen LogP contribution is 2.41. The van der Waals surface area contributed by atoms with Crippen molar-refractivity contribution < 1.29 is 14.0 Å². The van der Waals surface area contributed by atoms with Crippen molar-refractivity contribution in [2.24, 2.45) is 0 Å². The highest BCUT2D eigenvalue weighted by molar-refractivity contribution is 7.12. The summed E-state index contributed by atoms with van der Waals surface area (Å²) in [5.41, 5.74) is 1.77. The number of carbonyl (C=O) groups is 1. The van der Waals surface area contributed by atoms with Crippen LogP contribution in [0.1, 0.15) is 62.3 Å². The van der Waals surface area contributed by atoms with Crippen LogP contribution in [0.2, 0.25) is 10.1 Å². The minimum atomic E-state index is -3.08. The molecular formula is C39H46ClFN4O2SSi. The normalized spacial score (nSPS) is 17.2. The van der Waals surface area contributed by atoms with E-state index in [9.17, 15) is 14.0 Å². The largest absolute Gasteiger partial charge is 0.424 e. The number of halogens is 2. The van der Waals surface area contributed by atoms with Gasteiger partial charge < -0.3 is 19.9 Å². The molecule has 6 nitrogen and oxygen atoms in total. The number of anilines is 1. The first-order valence-corrected chi connectivity index (χ1v) is 20.5. The van der Waals surface area contributed by atoms with E-state index >= 15 is 0 Å². The third-order valence-electron chi connectivity index (χ3n) is 10.3. The van der Waals surface area contributed by atoms with Crippen molar-refractivity contribution in [1.29, 1.82) is 0 Å². The van der Waals surface area contributed by atoms with Crippen molar-refractivity contribution in [1.82, 2.24) is 14.8 Å². The molecule has 0 saturated carbocycles. The fourth-order valence-corrected chi connectivity index (χ4v) is 12.2. The van der Waals surface area contributed by atoms with Crippen molar-refractivity contribution in [3.63, 3.8) is 0 Å². The molecule has 49 heavy (non-hydrogen) atoms. The Hall–Kier alpha value is -3.34. The highest BCUT2D eigenvalue weighted by atomic mass is 35.5. The van der Waals surface area contributed by atoms with Crippen LogP contribution in [-0.4, -0.2) is 66.1 Å². The van der Waals surface area contributed by atoms with Gasteiger partial charge in [0.25, 0.3) is 8.32 Å². The highest BCUT2D eigenvalue weighted by Gasteiger charge is 2.49. The van der Waals surface area contributed by atoms with Crippen LogP contribution in [0.4, 0.5) is 14.9 Å². The molecule has 1 saturated heterocycles. The fourth-order valence-electron chi connectivity index (χ4n) is 7.28. The third kappa shape index (κ3) is 8.18. The Morgan fingerprint density at radius 3 is 2.37 bits per heavy atom. The lowest BCUT2D eigenvalue weighted by molar-refractivity contribution is 0.170. The van der Waals surface area contributed by atoms with Crippen LogP contribution in [0, 0.1) is 5.82 Å². The summed E-state index contributed by atoms with van der Waals surface area (Å²) in [6, 6.07) is 24.5. The summed E-state index contributed by atoms with van der Waals surface area (Å²) < 4.78 is 13.7. The maximum Gasteiger partial charge on any atom is 0.322 e. The van der Waals surface area contributed by atoms with Crippen molar-refractivity contribution in [3.05, 3.63) is 112 Å². The Bertz CT molecular complexity index is 1710. The summed E-state index contributed by atoms with van der Waals surface area (Å²) in [5.74, 6) is -0.506. The van der Waals surface area contributed by atoms with Gasteiger partial charge >= 0.3 is 6.03 Å². The van der Waals surface area contributed by atoms with E-state index in [1.54, 1.807) is 17.4 Å². The predicted octanol–water partition coefficient (Wildman–Crippen LogP) is 7.97.